The molecule has 0 aliphatic carbocycles. The molecule has 0 bridgehead atoms. The van der Waals surface area contributed by atoms with Crippen LogP contribution in [0.25, 0.3) is 0 Å². The number of hydrogen-bond acceptors (Lipinski definition) is 7. The van der Waals surface area contributed by atoms with Crippen LogP contribution in [0.15, 0.2) is 42.5 Å². The lowest BCUT2D eigenvalue weighted by Crippen LogP contribution is -2.46. The number of amides is 1. The van der Waals surface area contributed by atoms with E-state index < -0.39 is 6.10 Å². The summed E-state index contributed by atoms with van der Waals surface area (Å²) in [5, 5.41) is 8.28. The molecule has 29 heavy (non-hydrogen) atoms. The number of rotatable bonds is 8. The third-order valence-electron chi connectivity index (χ3n) is 4.66. The summed E-state index contributed by atoms with van der Waals surface area (Å²) in [6.07, 6.45) is -0.134. The molecule has 1 N–H and O–H groups in total. The molecular formula is C20H24FN3O5. The Hall–Kier alpha value is -2.88. The fourth-order valence-electron chi connectivity index (χ4n) is 3.10. The van der Waals surface area contributed by atoms with Crippen LogP contribution in [-0.2, 0) is 16.3 Å². The Morgan fingerprint density at radius 1 is 1.21 bits per heavy atom. The molecule has 2 aromatic carbocycles. The molecule has 1 unspecified atom stereocenters. The summed E-state index contributed by atoms with van der Waals surface area (Å²) in [5.41, 5.74) is 1.19. The van der Waals surface area contributed by atoms with E-state index in [1.807, 2.05) is 43.3 Å². The molecular weight excluding hydrogens is 381 g/mol. The lowest BCUT2D eigenvalue weighted by molar-refractivity contribution is -0.285. The van der Waals surface area contributed by atoms with Crippen LogP contribution in [0.5, 0.6) is 11.5 Å². The maximum Gasteiger partial charge on any atom is 0.268 e. The molecule has 1 aliphatic rings. The Morgan fingerprint density at radius 3 is 2.55 bits per heavy atom. The van der Waals surface area contributed by atoms with Gasteiger partial charge < -0.3 is 19.3 Å². The van der Waals surface area contributed by atoms with Gasteiger partial charge in [-0.15, -0.1) is 0 Å². The number of benzene rings is 2. The first-order valence-electron chi connectivity index (χ1n) is 9.10. The monoisotopic (exact) mass is 405 g/mol. The molecule has 0 fully saturated rings. The molecule has 0 saturated heterocycles. The van der Waals surface area contributed by atoms with Crippen LogP contribution in [-0.4, -0.2) is 49.9 Å². The Labute approximate surface area is 168 Å². The van der Waals surface area contributed by atoms with Crippen molar-refractivity contribution in [2.45, 2.75) is 19.1 Å². The Kier molecular flexibility index (Phi) is 6.53. The summed E-state index contributed by atoms with van der Waals surface area (Å²) in [4.78, 5) is 20.3. The molecule has 1 atom stereocenters. The number of carbonyl (C=O) groups is 1. The van der Waals surface area contributed by atoms with E-state index in [4.69, 9.17) is 14.7 Å². The summed E-state index contributed by atoms with van der Waals surface area (Å²) < 4.78 is 24.7. The first kappa shape index (κ1) is 20.8. The highest BCUT2D eigenvalue weighted by molar-refractivity contribution is 6.00. The van der Waals surface area contributed by atoms with Crippen molar-refractivity contribution in [3.05, 3.63) is 48.0 Å². The number of methoxy groups -OCH3 is 1. The Morgan fingerprint density at radius 2 is 1.93 bits per heavy atom. The van der Waals surface area contributed by atoms with Crippen molar-refractivity contribution in [2.24, 2.45) is 0 Å². The van der Waals surface area contributed by atoms with Crippen molar-refractivity contribution in [3.63, 3.8) is 0 Å². The average molecular weight is 405 g/mol. The number of fused-ring (bicyclic) bond motifs is 1. The molecule has 1 amide bonds. The minimum atomic E-state index is -0.649. The molecule has 9 heteroatoms. The Balaban J connectivity index is 1.94. The normalized spacial score (nSPS) is 15.9. The molecule has 8 nitrogen and oxygen atoms in total. The summed E-state index contributed by atoms with van der Waals surface area (Å²) in [6.45, 7) is 0.949. The summed E-state index contributed by atoms with van der Waals surface area (Å²) in [6, 6.07) is 11.7. The minimum absolute atomic E-state index is 0.0749. The van der Waals surface area contributed by atoms with Crippen LogP contribution in [0.1, 0.15) is 12.0 Å². The smallest absolute Gasteiger partial charge is 0.268 e. The van der Waals surface area contributed by atoms with Gasteiger partial charge in [0, 0.05) is 13.0 Å². The van der Waals surface area contributed by atoms with E-state index in [2.05, 4.69) is 4.99 Å². The van der Waals surface area contributed by atoms with Gasteiger partial charge in [-0.05, 0) is 50.0 Å². The van der Waals surface area contributed by atoms with Gasteiger partial charge in [0.15, 0.2) is 6.10 Å². The summed E-state index contributed by atoms with van der Waals surface area (Å²) in [7, 11) is 5.43. The van der Waals surface area contributed by atoms with Gasteiger partial charge in [-0.1, -0.05) is 26.9 Å². The average Bonchev–Trinajstić information content (AvgIpc) is 2.74. The van der Waals surface area contributed by atoms with Crippen LogP contribution in [0.4, 0.5) is 15.9 Å². The largest absolute Gasteiger partial charge is 0.497 e. The number of nitrogens with zero attached hydrogens (tertiary/aromatic N) is 3. The standard InChI is InChI=1S/C20H24FN3O5/c1-22(2)11-10-19-20(25)23(13-14-4-7-16(27-3)8-5-14)17-12-15(24(21)29-26)6-9-18(17)28-19/h4-9,12,19,26H,10-11,13H2,1-3H3. The first-order valence-corrected chi connectivity index (χ1v) is 9.10. The van der Waals surface area contributed by atoms with Gasteiger partial charge in [-0.2, -0.15) is 0 Å². The molecule has 3 rings (SSSR count). The van der Waals surface area contributed by atoms with E-state index >= 15 is 0 Å². The van der Waals surface area contributed by atoms with Gasteiger partial charge in [0.2, 0.25) is 0 Å². The number of ether oxygens (including phenoxy) is 2. The van der Waals surface area contributed by atoms with E-state index in [-0.39, 0.29) is 23.4 Å². The van der Waals surface area contributed by atoms with Crippen molar-refractivity contribution < 1.29 is 29.0 Å². The fourth-order valence-corrected chi connectivity index (χ4v) is 3.10. The highest BCUT2D eigenvalue weighted by atomic mass is 19.2. The second kappa shape index (κ2) is 9.08. The van der Waals surface area contributed by atoms with E-state index in [1.54, 1.807) is 18.1 Å². The van der Waals surface area contributed by atoms with E-state index in [1.165, 1.54) is 12.1 Å². The summed E-state index contributed by atoms with van der Waals surface area (Å²) in [5.74, 6) is 0.946. The minimum Gasteiger partial charge on any atom is -0.497 e. The molecule has 0 radical (unpaired) electrons. The molecule has 1 heterocycles. The second-order valence-corrected chi connectivity index (χ2v) is 6.95. The maximum atomic E-state index is 13.7. The van der Waals surface area contributed by atoms with Crippen LogP contribution < -0.4 is 19.7 Å². The SMILES string of the molecule is COc1ccc(CN2C(=O)C(CCN(C)C)Oc3ccc(N(F)OO)cc32)cc1. The van der Waals surface area contributed by atoms with Crippen molar-refractivity contribution in [1.29, 1.82) is 0 Å². The van der Waals surface area contributed by atoms with Gasteiger partial charge in [0.25, 0.3) is 5.91 Å². The van der Waals surface area contributed by atoms with E-state index in [0.29, 0.717) is 30.2 Å². The second-order valence-electron chi connectivity index (χ2n) is 6.95. The molecule has 0 saturated carbocycles. The molecule has 0 spiro atoms. The number of anilines is 2. The third-order valence-corrected chi connectivity index (χ3v) is 4.66. The predicted octanol–water partition coefficient (Wildman–Crippen LogP) is 3.04. The van der Waals surface area contributed by atoms with E-state index in [0.717, 1.165) is 5.56 Å². The van der Waals surface area contributed by atoms with E-state index in [9.17, 15) is 9.28 Å². The zero-order valence-corrected chi connectivity index (χ0v) is 16.5. The van der Waals surface area contributed by atoms with Crippen LogP contribution in [0.2, 0.25) is 0 Å². The van der Waals surface area contributed by atoms with Crippen LogP contribution in [0, 0.1) is 0 Å². The lowest BCUT2D eigenvalue weighted by Gasteiger charge is -2.35. The predicted molar refractivity (Wildman–Crippen MR) is 106 cm³/mol. The molecule has 2 aromatic rings. The highest BCUT2D eigenvalue weighted by Gasteiger charge is 2.35. The first-order chi connectivity index (χ1) is 13.9. The number of hydrogen-bond donors (Lipinski definition) is 1. The van der Waals surface area contributed by atoms with Crippen molar-refractivity contribution in [3.8, 4) is 11.5 Å². The van der Waals surface area contributed by atoms with Crippen molar-refractivity contribution in [2.75, 3.05) is 37.9 Å². The quantitative estimate of drug-likeness (QED) is 0.411. The third kappa shape index (κ3) is 4.76. The van der Waals surface area contributed by atoms with Gasteiger partial charge in [-0.25, -0.2) is 5.26 Å². The Bertz CT molecular complexity index is 847. The van der Waals surface area contributed by atoms with Gasteiger partial charge in [0.1, 0.15) is 17.2 Å². The maximum absolute atomic E-state index is 13.7. The fraction of sp³-hybridized carbons (Fsp3) is 0.350. The molecule has 156 valence electrons. The zero-order chi connectivity index (χ0) is 21.0. The molecule has 0 aromatic heterocycles. The number of carbonyl (C=O) groups excluding carboxylic acids is 1. The van der Waals surface area contributed by atoms with Crippen LogP contribution >= 0.6 is 0 Å². The van der Waals surface area contributed by atoms with Crippen LogP contribution in [0.3, 0.4) is 0 Å². The number of halogens is 1. The van der Waals surface area contributed by atoms with Crippen molar-refractivity contribution >= 4 is 17.3 Å². The van der Waals surface area contributed by atoms with Gasteiger partial charge >= 0.3 is 0 Å². The topological polar surface area (TPSA) is 74.7 Å². The summed E-state index contributed by atoms with van der Waals surface area (Å²) >= 11 is 0. The lowest BCUT2D eigenvalue weighted by atomic mass is 10.1. The zero-order valence-electron chi connectivity index (χ0n) is 16.5. The molecule has 1 aliphatic heterocycles. The highest BCUT2D eigenvalue weighted by Crippen LogP contribution is 2.39. The van der Waals surface area contributed by atoms with Crippen molar-refractivity contribution in [1.82, 2.24) is 4.90 Å². The van der Waals surface area contributed by atoms with Gasteiger partial charge in [0.05, 0.1) is 19.3 Å². The van der Waals surface area contributed by atoms with Gasteiger partial charge in [-0.3, -0.25) is 4.79 Å².